The van der Waals surface area contributed by atoms with E-state index < -0.39 is 15.9 Å². The molecule has 11 heteroatoms. The smallest absolute Gasteiger partial charge is 0.264 e. The molecule has 0 spiro atoms. The van der Waals surface area contributed by atoms with Gasteiger partial charge >= 0.3 is 0 Å². The molecule has 1 N–H and O–H groups in total. The lowest BCUT2D eigenvalue weighted by Gasteiger charge is -2.14. The minimum Gasteiger partial charge on any atom is -0.488 e. The maximum atomic E-state index is 12.4. The maximum Gasteiger partial charge on any atom is 0.264 e. The number of hydrogen-bond acceptors (Lipinski definition) is 5. The first-order valence-electron chi connectivity index (χ1n) is 11.6. The van der Waals surface area contributed by atoms with E-state index in [2.05, 4.69) is 9.82 Å². The Kier molecular flexibility index (Phi) is 8.99. The van der Waals surface area contributed by atoms with Crippen LogP contribution in [0.25, 0.3) is 0 Å². The average Bonchev–Trinajstić information content (AvgIpc) is 3.22. The largest absolute Gasteiger partial charge is 0.488 e. The van der Waals surface area contributed by atoms with Gasteiger partial charge in [-0.15, -0.1) is 0 Å². The van der Waals surface area contributed by atoms with Gasteiger partial charge in [0, 0.05) is 44.7 Å². The topological polar surface area (TPSA) is 90.3 Å². The number of carbonyl (C=O) groups is 1. The molecular formula is C27H24Cl3N3O4S. The van der Waals surface area contributed by atoms with Crippen LogP contribution in [-0.2, 0) is 34.4 Å². The Balaban J connectivity index is 1.41. The molecule has 0 aliphatic heterocycles. The van der Waals surface area contributed by atoms with Gasteiger partial charge in [-0.05, 0) is 55.5 Å². The van der Waals surface area contributed by atoms with Crippen molar-refractivity contribution >= 4 is 50.7 Å². The molecule has 3 aromatic carbocycles. The Morgan fingerprint density at radius 2 is 1.66 bits per heavy atom. The molecule has 0 saturated carbocycles. The molecule has 1 heterocycles. The Morgan fingerprint density at radius 3 is 2.39 bits per heavy atom. The van der Waals surface area contributed by atoms with Crippen LogP contribution in [0, 0.1) is 6.92 Å². The van der Waals surface area contributed by atoms with E-state index in [1.807, 2.05) is 25.1 Å². The minimum absolute atomic E-state index is 0.0319. The number of benzene rings is 3. The predicted molar refractivity (Wildman–Crippen MR) is 148 cm³/mol. The van der Waals surface area contributed by atoms with Crippen LogP contribution in [0.4, 0.5) is 0 Å². The highest BCUT2D eigenvalue weighted by Gasteiger charge is 2.18. The number of hydrogen-bond donors (Lipinski definition) is 1. The molecule has 0 aliphatic carbocycles. The van der Waals surface area contributed by atoms with E-state index in [4.69, 9.17) is 39.5 Å². The number of sulfonamides is 1. The second-order valence-corrected chi connectivity index (χ2v) is 11.5. The van der Waals surface area contributed by atoms with E-state index in [0.717, 1.165) is 16.8 Å². The Morgan fingerprint density at radius 1 is 0.947 bits per heavy atom. The van der Waals surface area contributed by atoms with Crippen LogP contribution in [0.5, 0.6) is 5.75 Å². The average molecular weight is 593 g/mol. The minimum atomic E-state index is -3.91. The first-order chi connectivity index (χ1) is 18.1. The van der Waals surface area contributed by atoms with Gasteiger partial charge in [0.05, 0.1) is 17.1 Å². The zero-order chi connectivity index (χ0) is 27.3. The van der Waals surface area contributed by atoms with Crippen LogP contribution in [0.1, 0.15) is 28.9 Å². The van der Waals surface area contributed by atoms with E-state index in [1.165, 1.54) is 12.1 Å². The quantitative estimate of drug-likeness (QED) is 0.236. The zero-order valence-corrected chi connectivity index (χ0v) is 23.4. The van der Waals surface area contributed by atoms with Crippen molar-refractivity contribution in [2.45, 2.75) is 37.8 Å². The molecule has 7 nitrogen and oxygen atoms in total. The first kappa shape index (κ1) is 28.0. The van der Waals surface area contributed by atoms with Crippen LogP contribution in [0.3, 0.4) is 0 Å². The number of rotatable bonds is 10. The van der Waals surface area contributed by atoms with Crippen LogP contribution in [0.15, 0.2) is 77.7 Å². The van der Waals surface area contributed by atoms with Gasteiger partial charge in [-0.2, -0.15) is 5.10 Å². The summed E-state index contributed by atoms with van der Waals surface area (Å²) in [5, 5.41) is 6.21. The standard InChI is InChI=1S/C27H24Cl3N3O4S/c1-18-13-23(10-12-27(34)32-38(35,36)24-5-3-2-4-6-24)31-33(18)16-20-14-21(28)9-11-26(20)37-17-19-7-8-22(29)15-25(19)30/h2-9,11,13-15H,10,12,16-17H2,1H3,(H,32,34). The number of nitrogens with zero attached hydrogens (tertiary/aromatic N) is 2. The lowest BCUT2D eigenvalue weighted by Crippen LogP contribution is -2.30. The number of nitrogens with one attached hydrogen (secondary N) is 1. The lowest BCUT2D eigenvalue weighted by atomic mass is 10.2. The number of aromatic nitrogens is 2. The number of halogens is 3. The summed E-state index contributed by atoms with van der Waals surface area (Å²) in [5.41, 5.74) is 3.13. The third kappa shape index (κ3) is 7.29. The summed E-state index contributed by atoms with van der Waals surface area (Å²) in [6.45, 7) is 2.52. The molecule has 0 unspecified atom stereocenters. The van der Waals surface area contributed by atoms with Crippen LogP contribution in [-0.4, -0.2) is 24.1 Å². The van der Waals surface area contributed by atoms with Crippen molar-refractivity contribution < 1.29 is 17.9 Å². The van der Waals surface area contributed by atoms with Crippen LogP contribution < -0.4 is 9.46 Å². The van der Waals surface area contributed by atoms with Crippen molar-refractivity contribution in [3.8, 4) is 5.75 Å². The molecule has 4 aromatic rings. The Labute approximate surface area is 236 Å². The number of aryl methyl sites for hydroxylation is 2. The molecule has 1 amide bonds. The van der Waals surface area contributed by atoms with Crippen molar-refractivity contribution in [1.82, 2.24) is 14.5 Å². The van der Waals surface area contributed by atoms with Gasteiger partial charge in [-0.3, -0.25) is 9.48 Å². The number of ether oxygens (including phenoxy) is 1. The van der Waals surface area contributed by atoms with Crippen molar-refractivity contribution in [3.63, 3.8) is 0 Å². The molecule has 0 radical (unpaired) electrons. The molecular weight excluding hydrogens is 569 g/mol. The lowest BCUT2D eigenvalue weighted by molar-refractivity contribution is -0.119. The number of carbonyl (C=O) groups excluding carboxylic acids is 1. The van der Waals surface area contributed by atoms with Gasteiger partial charge in [0.2, 0.25) is 5.91 Å². The molecule has 0 atom stereocenters. The fraction of sp³-hybridized carbons (Fsp3) is 0.185. The third-order valence-corrected chi connectivity index (χ3v) is 7.89. The molecule has 0 aliphatic rings. The molecule has 0 saturated heterocycles. The highest BCUT2D eigenvalue weighted by atomic mass is 35.5. The summed E-state index contributed by atoms with van der Waals surface area (Å²) in [7, 11) is -3.91. The summed E-state index contributed by atoms with van der Waals surface area (Å²) in [4.78, 5) is 12.4. The first-order valence-corrected chi connectivity index (χ1v) is 14.2. The Bertz CT molecular complexity index is 1560. The predicted octanol–water partition coefficient (Wildman–Crippen LogP) is 6.22. The van der Waals surface area contributed by atoms with Crippen molar-refractivity contribution in [3.05, 3.63) is 110 Å². The summed E-state index contributed by atoms with van der Waals surface area (Å²) < 4.78 is 34.7. The van der Waals surface area contributed by atoms with E-state index in [0.29, 0.717) is 33.1 Å². The van der Waals surface area contributed by atoms with Crippen molar-refractivity contribution in [2.75, 3.05) is 0 Å². The second-order valence-electron chi connectivity index (χ2n) is 8.55. The van der Waals surface area contributed by atoms with Gasteiger partial charge in [-0.1, -0.05) is 59.1 Å². The van der Waals surface area contributed by atoms with E-state index in [-0.39, 0.29) is 24.3 Å². The van der Waals surface area contributed by atoms with Gasteiger partial charge in [0.1, 0.15) is 12.4 Å². The van der Waals surface area contributed by atoms with E-state index in [1.54, 1.807) is 47.1 Å². The molecule has 0 bridgehead atoms. The molecule has 4 rings (SSSR count). The monoisotopic (exact) mass is 591 g/mol. The summed E-state index contributed by atoms with van der Waals surface area (Å²) in [5.74, 6) is 0.0230. The van der Waals surface area contributed by atoms with Crippen molar-refractivity contribution in [2.24, 2.45) is 0 Å². The zero-order valence-electron chi connectivity index (χ0n) is 20.3. The maximum absolute atomic E-state index is 12.4. The molecule has 38 heavy (non-hydrogen) atoms. The van der Waals surface area contributed by atoms with E-state index in [9.17, 15) is 13.2 Å². The Hall–Kier alpha value is -3.04. The molecule has 198 valence electrons. The van der Waals surface area contributed by atoms with Gasteiger partial charge in [0.25, 0.3) is 10.0 Å². The normalized spacial score (nSPS) is 11.4. The van der Waals surface area contributed by atoms with Crippen LogP contribution >= 0.6 is 34.8 Å². The number of amides is 1. The van der Waals surface area contributed by atoms with Crippen LogP contribution in [0.2, 0.25) is 15.1 Å². The van der Waals surface area contributed by atoms with E-state index >= 15 is 0 Å². The van der Waals surface area contributed by atoms with Gasteiger partial charge < -0.3 is 4.74 Å². The summed E-state index contributed by atoms with van der Waals surface area (Å²) in [6.07, 6.45) is 0.244. The molecule has 0 fully saturated rings. The fourth-order valence-electron chi connectivity index (χ4n) is 3.73. The molecule has 1 aromatic heterocycles. The SMILES string of the molecule is Cc1cc(CCC(=O)NS(=O)(=O)c2ccccc2)nn1Cc1cc(Cl)ccc1OCc1ccc(Cl)cc1Cl. The van der Waals surface area contributed by atoms with Gasteiger partial charge in [-0.25, -0.2) is 13.1 Å². The summed E-state index contributed by atoms with van der Waals surface area (Å²) in [6, 6.07) is 20.2. The third-order valence-electron chi connectivity index (χ3n) is 5.68. The van der Waals surface area contributed by atoms with Crippen molar-refractivity contribution in [1.29, 1.82) is 0 Å². The second kappa shape index (κ2) is 12.2. The highest BCUT2D eigenvalue weighted by molar-refractivity contribution is 7.90. The van der Waals surface area contributed by atoms with Gasteiger partial charge in [0.15, 0.2) is 0 Å². The fourth-order valence-corrected chi connectivity index (χ4v) is 5.42. The highest BCUT2D eigenvalue weighted by Crippen LogP contribution is 2.27. The summed E-state index contributed by atoms with van der Waals surface area (Å²) >= 11 is 18.5.